The highest BCUT2D eigenvalue weighted by atomic mass is 19.1. The Hall–Kier alpha value is -1.65. The van der Waals surface area contributed by atoms with Gasteiger partial charge >= 0.3 is 0 Å². The first kappa shape index (κ1) is 12.8. The maximum Gasteiger partial charge on any atom is 0.254 e. The molecular weight excluding hydrogens is 233 g/mol. The van der Waals surface area contributed by atoms with Gasteiger partial charge in [-0.3, -0.25) is 4.79 Å². The van der Waals surface area contributed by atoms with Crippen molar-refractivity contribution in [1.29, 1.82) is 0 Å². The van der Waals surface area contributed by atoms with Gasteiger partial charge in [-0.05, 0) is 24.3 Å². The molecule has 0 spiro atoms. The van der Waals surface area contributed by atoms with E-state index >= 15 is 0 Å². The number of nitrogens with two attached hydrogens (primary N) is 1. The summed E-state index contributed by atoms with van der Waals surface area (Å²) in [6.07, 6.45) is 5.94. The van der Waals surface area contributed by atoms with E-state index in [-0.39, 0.29) is 16.8 Å². The summed E-state index contributed by atoms with van der Waals surface area (Å²) in [5.41, 5.74) is 5.44. The predicted octanol–water partition coefficient (Wildman–Crippen LogP) is 2.11. The summed E-state index contributed by atoms with van der Waals surface area (Å²) >= 11 is 0. The van der Waals surface area contributed by atoms with Crippen LogP contribution in [0.2, 0.25) is 0 Å². The second-order valence-electron chi connectivity index (χ2n) is 5.26. The standard InChI is InChI=1S/C13H18FN3O/c1-13(5-2-3-6-13)8-17-12(18)9-4-7-16-11(15)10(9)14/h4,7H,2-3,5-6,8H2,1H3,(H2,15,16)(H,17,18). The zero-order chi connectivity index (χ0) is 13.2. The monoisotopic (exact) mass is 251 g/mol. The van der Waals surface area contributed by atoms with Crippen LogP contribution >= 0.6 is 0 Å². The topological polar surface area (TPSA) is 68.0 Å². The summed E-state index contributed by atoms with van der Waals surface area (Å²) in [7, 11) is 0. The fraction of sp³-hybridized carbons (Fsp3) is 0.538. The van der Waals surface area contributed by atoms with Crippen molar-refractivity contribution < 1.29 is 9.18 Å². The van der Waals surface area contributed by atoms with Gasteiger partial charge in [-0.15, -0.1) is 0 Å². The minimum absolute atomic E-state index is 0.0379. The van der Waals surface area contributed by atoms with Gasteiger partial charge in [0.2, 0.25) is 0 Å². The largest absolute Gasteiger partial charge is 0.381 e. The molecule has 0 bridgehead atoms. The number of pyridine rings is 1. The van der Waals surface area contributed by atoms with Gasteiger partial charge in [0.25, 0.3) is 5.91 Å². The highest BCUT2D eigenvalue weighted by Gasteiger charge is 2.29. The van der Waals surface area contributed by atoms with Crippen LogP contribution in [0.4, 0.5) is 10.2 Å². The van der Waals surface area contributed by atoms with Gasteiger partial charge in [-0.2, -0.15) is 0 Å². The van der Waals surface area contributed by atoms with E-state index in [0.717, 1.165) is 12.8 Å². The van der Waals surface area contributed by atoms with Crippen molar-refractivity contribution in [2.45, 2.75) is 32.6 Å². The minimum atomic E-state index is -0.744. The Labute approximate surface area is 106 Å². The molecule has 1 aromatic rings. The van der Waals surface area contributed by atoms with Crippen molar-refractivity contribution in [1.82, 2.24) is 10.3 Å². The van der Waals surface area contributed by atoms with Crippen molar-refractivity contribution in [3.8, 4) is 0 Å². The summed E-state index contributed by atoms with van der Waals surface area (Å²) in [5.74, 6) is -1.41. The summed E-state index contributed by atoms with van der Waals surface area (Å²) in [6.45, 7) is 2.73. The lowest BCUT2D eigenvalue weighted by molar-refractivity contribution is 0.0930. The Morgan fingerprint density at radius 2 is 2.22 bits per heavy atom. The molecule has 1 aliphatic rings. The van der Waals surface area contributed by atoms with Crippen LogP contribution in [-0.4, -0.2) is 17.4 Å². The molecule has 2 rings (SSSR count). The molecular formula is C13H18FN3O. The van der Waals surface area contributed by atoms with Gasteiger partial charge in [0.05, 0.1) is 5.56 Å². The van der Waals surface area contributed by atoms with Crippen molar-refractivity contribution in [3.05, 3.63) is 23.6 Å². The zero-order valence-electron chi connectivity index (χ0n) is 10.5. The minimum Gasteiger partial charge on any atom is -0.381 e. The average Bonchev–Trinajstić information content (AvgIpc) is 2.77. The molecule has 0 atom stereocenters. The van der Waals surface area contributed by atoms with Crippen molar-refractivity contribution in [2.24, 2.45) is 5.41 Å². The second kappa shape index (κ2) is 4.92. The molecule has 0 aromatic carbocycles. The van der Waals surface area contributed by atoms with Gasteiger partial charge < -0.3 is 11.1 Å². The van der Waals surface area contributed by atoms with E-state index in [0.29, 0.717) is 6.54 Å². The van der Waals surface area contributed by atoms with Crippen molar-refractivity contribution >= 4 is 11.7 Å². The maximum atomic E-state index is 13.6. The van der Waals surface area contributed by atoms with Crippen LogP contribution in [0.25, 0.3) is 0 Å². The summed E-state index contributed by atoms with van der Waals surface area (Å²) < 4.78 is 13.6. The Kier molecular flexibility index (Phi) is 3.50. The summed E-state index contributed by atoms with van der Waals surface area (Å²) in [4.78, 5) is 15.5. The lowest BCUT2D eigenvalue weighted by atomic mass is 9.89. The fourth-order valence-electron chi connectivity index (χ4n) is 2.43. The van der Waals surface area contributed by atoms with E-state index in [1.807, 2.05) is 0 Å². The number of carbonyl (C=O) groups excluding carboxylic acids is 1. The van der Waals surface area contributed by atoms with Crippen LogP contribution in [0.5, 0.6) is 0 Å². The third-order valence-electron chi connectivity index (χ3n) is 3.65. The SMILES string of the molecule is CC1(CNC(=O)c2ccnc(N)c2F)CCCC1. The van der Waals surface area contributed by atoms with Crippen LogP contribution in [-0.2, 0) is 0 Å². The summed E-state index contributed by atoms with van der Waals surface area (Å²) in [6, 6.07) is 1.35. The second-order valence-corrected chi connectivity index (χ2v) is 5.26. The Bertz CT molecular complexity index is 456. The maximum absolute atomic E-state index is 13.6. The number of nitrogens with zero attached hydrogens (tertiary/aromatic N) is 1. The number of carbonyl (C=O) groups is 1. The molecule has 4 nitrogen and oxygen atoms in total. The molecule has 5 heteroatoms. The van der Waals surface area contributed by atoms with Crippen LogP contribution < -0.4 is 11.1 Å². The molecule has 0 saturated heterocycles. The molecule has 1 saturated carbocycles. The van der Waals surface area contributed by atoms with Gasteiger partial charge in [-0.25, -0.2) is 9.37 Å². The third-order valence-corrected chi connectivity index (χ3v) is 3.65. The predicted molar refractivity (Wildman–Crippen MR) is 67.5 cm³/mol. The summed E-state index contributed by atoms with van der Waals surface area (Å²) in [5, 5.41) is 2.79. The molecule has 0 unspecified atom stereocenters. The molecule has 3 N–H and O–H groups in total. The number of halogens is 1. The first-order chi connectivity index (χ1) is 8.52. The van der Waals surface area contributed by atoms with Crippen LogP contribution in [0.3, 0.4) is 0 Å². The molecule has 1 aromatic heterocycles. The molecule has 0 radical (unpaired) electrons. The van der Waals surface area contributed by atoms with E-state index < -0.39 is 11.7 Å². The number of anilines is 1. The van der Waals surface area contributed by atoms with Crippen molar-refractivity contribution in [2.75, 3.05) is 12.3 Å². The van der Waals surface area contributed by atoms with E-state index in [1.165, 1.54) is 25.1 Å². The number of nitrogen functional groups attached to an aromatic ring is 1. The van der Waals surface area contributed by atoms with Crippen molar-refractivity contribution in [3.63, 3.8) is 0 Å². The number of nitrogens with one attached hydrogen (secondary N) is 1. The van der Waals surface area contributed by atoms with Crippen LogP contribution in [0, 0.1) is 11.2 Å². The average molecular weight is 251 g/mol. The van der Waals surface area contributed by atoms with Gasteiger partial charge in [0.15, 0.2) is 11.6 Å². The number of aromatic nitrogens is 1. The molecule has 1 amide bonds. The van der Waals surface area contributed by atoms with E-state index in [1.54, 1.807) is 0 Å². The molecule has 98 valence electrons. The molecule has 0 aliphatic heterocycles. The number of rotatable bonds is 3. The number of amides is 1. The fourth-order valence-corrected chi connectivity index (χ4v) is 2.43. The van der Waals surface area contributed by atoms with E-state index in [9.17, 15) is 9.18 Å². The van der Waals surface area contributed by atoms with Gasteiger partial charge in [0.1, 0.15) is 0 Å². The molecule has 1 fully saturated rings. The molecule has 18 heavy (non-hydrogen) atoms. The highest BCUT2D eigenvalue weighted by molar-refractivity contribution is 5.95. The Morgan fingerprint density at radius 3 is 2.89 bits per heavy atom. The lowest BCUT2D eigenvalue weighted by Crippen LogP contribution is -2.34. The molecule has 1 heterocycles. The Balaban J connectivity index is 2.01. The van der Waals surface area contributed by atoms with E-state index in [2.05, 4.69) is 17.2 Å². The first-order valence-electron chi connectivity index (χ1n) is 6.20. The lowest BCUT2D eigenvalue weighted by Gasteiger charge is -2.23. The first-order valence-corrected chi connectivity index (χ1v) is 6.20. The molecule has 1 aliphatic carbocycles. The van der Waals surface area contributed by atoms with E-state index in [4.69, 9.17) is 5.73 Å². The van der Waals surface area contributed by atoms with Crippen LogP contribution in [0.1, 0.15) is 43.0 Å². The van der Waals surface area contributed by atoms with Gasteiger partial charge in [-0.1, -0.05) is 19.8 Å². The normalized spacial score (nSPS) is 17.7. The zero-order valence-corrected chi connectivity index (χ0v) is 10.5. The number of hydrogen-bond donors (Lipinski definition) is 2. The Morgan fingerprint density at radius 1 is 1.56 bits per heavy atom. The number of hydrogen-bond acceptors (Lipinski definition) is 3. The third kappa shape index (κ3) is 2.60. The van der Waals surface area contributed by atoms with Gasteiger partial charge in [0, 0.05) is 12.7 Å². The highest BCUT2D eigenvalue weighted by Crippen LogP contribution is 2.36. The smallest absolute Gasteiger partial charge is 0.254 e. The van der Waals surface area contributed by atoms with Crippen LogP contribution in [0.15, 0.2) is 12.3 Å². The quantitative estimate of drug-likeness (QED) is 0.864.